The van der Waals surface area contributed by atoms with E-state index < -0.39 is 21.0 Å². The lowest BCUT2D eigenvalue weighted by molar-refractivity contribution is -0.384. The topological polar surface area (TPSA) is 103 Å². The number of halogens is 3. The Morgan fingerprint density at radius 1 is 1.21 bits per heavy atom. The van der Waals surface area contributed by atoms with Crippen molar-refractivity contribution in [2.24, 2.45) is 0 Å². The van der Waals surface area contributed by atoms with Crippen LogP contribution in [0.5, 0.6) is 5.75 Å². The number of methoxy groups -OCH3 is 1. The highest BCUT2D eigenvalue weighted by atomic mass is 35.6. The zero-order valence-electron chi connectivity index (χ0n) is 14.5. The quantitative estimate of drug-likeness (QED) is 0.277. The van der Waals surface area contributed by atoms with Crippen molar-refractivity contribution in [1.82, 2.24) is 5.32 Å². The number of benzene rings is 2. The normalized spacial score (nSPS) is 12.0. The van der Waals surface area contributed by atoms with Gasteiger partial charge in [-0.1, -0.05) is 65.1 Å². The predicted octanol–water partition coefficient (Wildman–Crippen LogP) is 4.64. The van der Waals surface area contributed by atoms with E-state index in [0.29, 0.717) is 0 Å². The number of rotatable bonds is 7. The largest absolute Gasteiger partial charge is 0.496 e. The van der Waals surface area contributed by atoms with Crippen molar-refractivity contribution in [3.63, 3.8) is 0 Å². The number of nitro benzene ring substituents is 1. The van der Waals surface area contributed by atoms with Gasteiger partial charge < -0.3 is 14.8 Å². The third-order valence-electron chi connectivity index (χ3n) is 3.50. The summed E-state index contributed by atoms with van der Waals surface area (Å²) >= 11 is 17.7. The Morgan fingerprint density at radius 3 is 2.46 bits per heavy atom. The van der Waals surface area contributed by atoms with Crippen molar-refractivity contribution < 1.29 is 19.2 Å². The molecule has 2 N–H and O–H groups in total. The van der Waals surface area contributed by atoms with Crippen molar-refractivity contribution >= 4 is 52.3 Å². The van der Waals surface area contributed by atoms with Crippen LogP contribution in [0.1, 0.15) is 5.56 Å². The number of hydrogen-bond donors (Lipinski definition) is 2. The van der Waals surface area contributed by atoms with E-state index >= 15 is 0 Å². The molecular weight excluding hydrogens is 433 g/mol. The Kier molecular flexibility index (Phi) is 7.56. The van der Waals surface area contributed by atoms with Crippen molar-refractivity contribution in [1.29, 1.82) is 0 Å². The van der Waals surface area contributed by atoms with Gasteiger partial charge in [0.2, 0.25) is 3.79 Å². The van der Waals surface area contributed by atoms with Gasteiger partial charge in [-0.15, -0.1) is 0 Å². The molecule has 2 aromatic rings. The zero-order valence-corrected chi connectivity index (χ0v) is 16.8. The number of alkyl carbamates (subject to hydrolysis) is 1. The van der Waals surface area contributed by atoms with E-state index in [-0.39, 0.29) is 23.7 Å². The minimum absolute atomic E-state index is 0.00192. The van der Waals surface area contributed by atoms with Crippen molar-refractivity contribution in [3.05, 3.63) is 64.2 Å². The molecule has 2 rings (SSSR count). The van der Waals surface area contributed by atoms with Crippen molar-refractivity contribution in [2.45, 2.75) is 16.6 Å². The molecule has 0 aliphatic heterocycles. The van der Waals surface area contributed by atoms with Crippen LogP contribution in [0.2, 0.25) is 0 Å². The predicted molar refractivity (Wildman–Crippen MR) is 107 cm³/mol. The molecule has 150 valence electrons. The molecule has 1 amide bonds. The Morgan fingerprint density at radius 2 is 1.89 bits per heavy atom. The molecule has 0 saturated carbocycles. The van der Waals surface area contributed by atoms with Crippen LogP contribution in [0, 0.1) is 10.1 Å². The molecule has 0 fully saturated rings. The molecule has 11 heteroatoms. The minimum atomic E-state index is -2.03. The van der Waals surface area contributed by atoms with Crippen molar-refractivity contribution in [2.75, 3.05) is 12.4 Å². The number of alkyl halides is 3. The Labute approximate surface area is 175 Å². The van der Waals surface area contributed by atoms with Gasteiger partial charge >= 0.3 is 6.09 Å². The summed E-state index contributed by atoms with van der Waals surface area (Å²) < 4.78 is 8.03. The molecule has 0 bridgehead atoms. The molecule has 1 atom stereocenters. The van der Waals surface area contributed by atoms with Gasteiger partial charge in [-0.25, -0.2) is 4.79 Å². The fraction of sp³-hybridized carbons (Fsp3) is 0.235. The van der Waals surface area contributed by atoms with Gasteiger partial charge in [0, 0.05) is 0 Å². The average Bonchev–Trinajstić information content (AvgIpc) is 2.66. The smallest absolute Gasteiger partial charge is 0.409 e. The number of nitro groups is 1. The summed E-state index contributed by atoms with van der Waals surface area (Å²) in [5.41, 5.74) is 0.463. The standard InChI is InChI=1S/C17H16Cl3N3O5/c1-27-12-7-8-13(14(9-12)23(25)26)21-15(17(18,19)20)22-16(24)28-10-11-5-3-2-4-6-11/h2-9,15,21H,10H2,1H3,(H,22,24)/t15-/m1/s1. The van der Waals surface area contributed by atoms with Gasteiger partial charge in [0.15, 0.2) is 6.17 Å². The summed E-state index contributed by atoms with van der Waals surface area (Å²) in [7, 11) is 1.38. The Hall–Kier alpha value is -2.42. The first-order valence-corrected chi connectivity index (χ1v) is 8.97. The van der Waals surface area contributed by atoms with E-state index in [1.807, 2.05) is 6.07 Å². The fourth-order valence-corrected chi connectivity index (χ4v) is 2.48. The van der Waals surface area contributed by atoms with E-state index in [4.69, 9.17) is 44.3 Å². The maximum atomic E-state index is 12.1. The molecule has 0 aliphatic rings. The third-order valence-corrected chi connectivity index (χ3v) is 4.16. The molecule has 0 unspecified atom stereocenters. The summed E-state index contributed by atoms with van der Waals surface area (Å²) in [5, 5.41) is 16.3. The number of carbonyl (C=O) groups excluding carboxylic acids is 1. The number of hydrogen-bond acceptors (Lipinski definition) is 6. The van der Waals surface area contributed by atoms with E-state index in [1.54, 1.807) is 24.3 Å². The molecule has 0 spiro atoms. The Balaban J connectivity index is 2.12. The molecule has 0 aromatic heterocycles. The second-order valence-electron chi connectivity index (χ2n) is 5.47. The van der Waals surface area contributed by atoms with Crippen LogP contribution in [-0.2, 0) is 11.3 Å². The summed E-state index contributed by atoms with van der Waals surface area (Å²) in [6.07, 6.45) is -2.18. The van der Waals surface area contributed by atoms with Gasteiger partial charge in [-0.2, -0.15) is 0 Å². The molecule has 28 heavy (non-hydrogen) atoms. The SMILES string of the molecule is COc1ccc(N[C@H](NC(=O)OCc2ccccc2)C(Cl)(Cl)Cl)c([N+](=O)[O-])c1. The first-order valence-electron chi connectivity index (χ1n) is 7.83. The maximum absolute atomic E-state index is 12.1. The van der Waals surface area contributed by atoms with E-state index in [2.05, 4.69) is 10.6 Å². The lowest BCUT2D eigenvalue weighted by Gasteiger charge is -2.27. The molecule has 8 nitrogen and oxygen atoms in total. The second-order valence-corrected chi connectivity index (χ2v) is 7.83. The zero-order chi connectivity index (χ0) is 20.7. The molecular formula is C17H16Cl3N3O5. The summed E-state index contributed by atoms with van der Waals surface area (Å²) in [6, 6.07) is 13.0. The lowest BCUT2D eigenvalue weighted by Crippen LogP contribution is -2.49. The first kappa shape index (κ1) is 21.9. The van der Waals surface area contributed by atoms with Gasteiger partial charge in [0.25, 0.3) is 5.69 Å². The number of anilines is 1. The van der Waals surface area contributed by atoms with Crippen LogP contribution in [0.25, 0.3) is 0 Å². The van der Waals surface area contributed by atoms with Gasteiger partial charge in [-0.3, -0.25) is 15.4 Å². The van der Waals surface area contributed by atoms with Gasteiger partial charge in [0.05, 0.1) is 18.1 Å². The van der Waals surface area contributed by atoms with Crippen LogP contribution in [0.4, 0.5) is 16.2 Å². The van der Waals surface area contributed by atoms with Gasteiger partial charge in [0.1, 0.15) is 18.0 Å². The minimum Gasteiger partial charge on any atom is -0.496 e. The van der Waals surface area contributed by atoms with E-state index in [9.17, 15) is 14.9 Å². The summed E-state index contributed by atoms with van der Waals surface area (Å²) in [6.45, 7) is 0.00192. The van der Waals surface area contributed by atoms with Crippen LogP contribution < -0.4 is 15.4 Å². The summed E-state index contributed by atoms with van der Waals surface area (Å²) in [5.74, 6) is 0.276. The Bertz CT molecular complexity index is 831. The third kappa shape index (κ3) is 6.33. The average molecular weight is 449 g/mol. The molecule has 0 radical (unpaired) electrons. The number of carbonyl (C=O) groups is 1. The number of nitrogens with one attached hydrogen (secondary N) is 2. The highest BCUT2D eigenvalue weighted by molar-refractivity contribution is 6.68. The van der Waals surface area contributed by atoms with Crippen LogP contribution in [0.3, 0.4) is 0 Å². The number of nitrogens with zero attached hydrogens (tertiary/aromatic N) is 1. The molecule has 0 aliphatic carbocycles. The van der Waals surface area contributed by atoms with Gasteiger partial charge in [-0.05, 0) is 17.7 Å². The maximum Gasteiger partial charge on any atom is 0.409 e. The van der Waals surface area contributed by atoms with E-state index in [0.717, 1.165) is 5.56 Å². The van der Waals surface area contributed by atoms with Crippen LogP contribution in [-0.4, -0.2) is 28.1 Å². The number of amides is 1. The number of ether oxygens (including phenoxy) is 2. The van der Waals surface area contributed by atoms with Crippen LogP contribution >= 0.6 is 34.8 Å². The highest BCUT2D eigenvalue weighted by Gasteiger charge is 2.36. The van der Waals surface area contributed by atoms with Crippen molar-refractivity contribution in [3.8, 4) is 5.75 Å². The summed E-state index contributed by atoms with van der Waals surface area (Å²) in [4.78, 5) is 22.8. The molecule has 0 saturated heterocycles. The molecule has 0 heterocycles. The fourth-order valence-electron chi connectivity index (χ4n) is 2.15. The lowest BCUT2D eigenvalue weighted by atomic mass is 10.2. The second kappa shape index (κ2) is 9.68. The molecule has 2 aromatic carbocycles. The highest BCUT2D eigenvalue weighted by Crippen LogP contribution is 2.35. The van der Waals surface area contributed by atoms with E-state index in [1.165, 1.54) is 25.3 Å². The monoisotopic (exact) mass is 447 g/mol. The first-order chi connectivity index (χ1) is 13.2. The van der Waals surface area contributed by atoms with Crippen LogP contribution in [0.15, 0.2) is 48.5 Å².